The predicted molar refractivity (Wildman–Crippen MR) is 62.0 cm³/mol. The fraction of sp³-hybridized carbons (Fsp3) is 0.692. The second-order valence-corrected chi connectivity index (χ2v) is 4.14. The highest BCUT2D eigenvalue weighted by atomic mass is 16.5. The van der Waals surface area contributed by atoms with Crippen LogP contribution in [0.3, 0.4) is 0 Å². The van der Waals surface area contributed by atoms with Gasteiger partial charge in [-0.25, -0.2) is 0 Å². The minimum atomic E-state index is -0.156. The summed E-state index contributed by atoms with van der Waals surface area (Å²) in [5, 5.41) is 0. The molecule has 1 fully saturated rings. The third kappa shape index (κ3) is 3.47. The summed E-state index contributed by atoms with van der Waals surface area (Å²) in [4.78, 5) is 23.4. The number of carbonyl (C=O) groups excluding carboxylic acids is 2. The van der Waals surface area contributed by atoms with Crippen LogP contribution in [0.2, 0.25) is 0 Å². The minimum absolute atomic E-state index is 0.129. The van der Waals surface area contributed by atoms with Crippen molar-refractivity contribution in [2.24, 2.45) is 5.92 Å². The SMILES string of the molecule is CC=C1CC(C(=O)OCC)CCCCC1=O. The zero-order valence-electron chi connectivity index (χ0n) is 10.1. The number of hydrogen-bond donors (Lipinski definition) is 0. The first-order valence-corrected chi connectivity index (χ1v) is 6.04. The van der Waals surface area contributed by atoms with Gasteiger partial charge in [-0.05, 0) is 38.7 Å². The maximum atomic E-state index is 11.7. The zero-order valence-corrected chi connectivity index (χ0v) is 10.1. The van der Waals surface area contributed by atoms with Crippen molar-refractivity contribution in [1.29, 1.82) is 0 Å². The van der Waals surface area contributed by atoms with Crippen molar-refractivity contribution in [2.45, 2.75) is 46.0 Å². The molecule has 0 radical (unpaired) electrons. The quantitative estimate of drug-likeness (QED) is 0.535. The van der Waals surface area contributed by atoms with Crippen molar-refractivity contribution < 1.29 is 14.3 Å². The summed E-state index contributed by atoms with van der Waals surface area (Å²) < 4.78 is 5.03. The molecule has 3 nitrogen and oxygen atoms in total. The maximum absolute atomic E-state index is 11.7. The van der Waals surface area contributed by atoms with E-state index in [2.05, 4.69) is 0 Å². The molecule has 0 heterocycles. The third-order valence-electron chi connectivity index (χ3n) is 3.00. The molecule has 0 bridgehead atoms. The number of Topliss-reactive ketones (excluding diaryl/α,β-unsaturated/α-hetero) is 1. The zero-order chi connectivity index (χ0) is 12.0. The fourth-order valence-electron chi connectivity index (χ4n) is 2.06. The molecular weight excluding hydrogens is 204 g/mol. The van der Waals surface area contributed by atoms with Crippen LogP contribution in [0.25, 0.3) is 0 Å². The number of ketones is 1. The number of hydrogen-bond acceptors (Lipinski definition) is 3. The molecule has 1 atom stereocenters. The Labute approximate surface area is 96.9 Å². The lowest BCUT2D eigenvalue weighted by atomic mass is 9.87. The molecule has 0 aliphatic heterocycles. The number of carbonyl (C=O) groups is 2. The van der Waals surface area contributed by atoms with Crippen LogP contribution in [0.15, 0.2) is 11.6 Å². The summed E-state index contributed by atoms with van der Waals surface area (Å²) in [7, 11) is 0. The average Bonchev–Trinajstić information content (AvgIpc) is 2.25. The maximum Gasteiger partial charge on any atom is 0.309 e. The molecule has 90 valence electrons. The summed E-state index contributed by atoms with van der Waals surface area (Å²) in [6.07, 6.45) is 5.66. The molecule has 3 heteroatoms. The van der Waals surface area contributed by atoms with Crippen molar-refractivity contribution in [3.8, 4) is 0 Å². The van der Waals surface area contributed by atoms with E-state index in [0.29, 0.717) is 19.4 Å². The first kappa shape index (κ1) is 12.9. The van der Waals surface area contributed by atoms with Crippen LogP contribution in [0.1, 0.15) is 46.0 Å². The summed E-state index contributed by atoms with van der Waals surface area (Å²) in [5.41, 5.74) is 0.790. The van der Waals surface area contributed by atoms with Crippen molar-refractivity contribution in [3.05, 3.63) is 11.6 Å². The average molecular weight is 224 g/mol. The molecule has 1 rings (SSSR count). The lowest BCUT2D eigenvalue weighted by molar-refractivity contribution is -0.148. The van der Waals surface area contributed by atoms with Crippen molar-refractivity contribution >= 4 is 11.8 Å². The molecule has 1 aliphatic carbocycles. The van der Waals surface area contributed by atoms with Crippen molar-refractivity contribution in [3.63, 3.8) is 0 Å². The number of esters is 1. The van der Waals surface area contributed by atoms with Crippen molar-refractivity contribution in [1.82, 2.24) is 0 Å². The molecule has 0 aromatic carbocycles. The summed E-state index contributed by atoms with van der Waals surface area (Å²) >= 11 is 0. The van der Waals surface area contributed by atoms with Gasteiger partial charge in [-0.1, -0.05) is 12.5 Å². The van der Waals surface area contributed by atoms with Crippen LogP contribution < -0.4 is 0 Å². The smallest absolute Gasteiger partial charge is 0.309 e. The molecule has 0 saturated heterocycles. The summed E-state index contributed by atoms with van der Waals surface area (Å²) in [6.45, 7) is 4.08. The number of ether oxygens (including phenoxy) is 1. The number of rotatable bonds is 2. The normalized spacial score (nSPS) is 25.0. The van der Waals surface area contributed by atoms with E-state index in [4.69, 9.17) is 4.74 Å². The Morgan fingerprint density at radius 3 is 2.88 bits per heavy atom. The van der Waals surface area contributed by atoms with Gasteiger partial charge in [-0.3, -0.25) is 9.59 Å². The van der Waals surface area contributed by atoms with Crippen LogP contribution in [-0.4, -0.2) is 18.4 Å². The van der Waals surface area contributed by atoms with Gasteiger partial charge in [0, 0.05) is 6.42 Å². The Morgan fingerprint density at radius 1 is 1.50 bits per heavy atom. The highest BCUT2D eigenvalue weighted by molar-refractivity contribution is 5.96. The van der Waals surface area contributed by atoms with E-state index in [1.54, 1.807) is 0 Å². The third-order valence-corrected chi connectivity index (χ3v) is 3.00. The molecule has 0 aromatic rings. The lowest BCUT2D eigenvalue weighted by Crippen LogP contribution is -2.22. The van der Waals surface area contributed by atoms with E-state index in [1.807, 2.05) is 19.9 Å². The molecule has 0 spiro atoms. The van der Waals surface area contributed by atoms with Gasteiger partial charge in [0.1, 0.15) is 0 Å². The first-order chi connectivity index (χ1) is 7.69. The van der Waals surface area contributed by atoms with Gasteiger partial charge in [-0.2, -0.15) is 0 Å². The van der Waals surface area contributed by atoms with E-state index in [0.717, 1.165) is 24.8 Å². The van der Waals surface area contributed by atoms with E-state index in [-0.39, 0.29) is 17.7 Å². The van der Waals surface area contributed by atoms with Crippen LogP contribution in [0.4, 0.5) is 0 Å². The van der Waals surface area contributed by atoms with Gasteiger partial charge in [-0.15, -0.1) is 0 Å². The van der Waals surface area contributed by atoms with Gasteiger partial charge in [0.2, 0.25) is 0 Å². The summed E-state index contributed by atoms with van der Waals surface area (Å²) in [5.74, 6) is -0.0940. The Hall–Kier alpha value is -1.12. The topological polar surface area (TPSA) is 43.4 Å². The molecule has 0 amide bonds. The van der Waals surface area contributed by atoms with E-state index >= 15 is 0 Å². The summed E-state index contributed by atoms with van der Waals surface area (Å²) in [6, 6.07) is 0. The molecular formula is C13H20O3. The van der Waals surface area contributed by atoms with Gasteiger partial charge in [0.05, 0.1) is 12.5 Å². The first-order valence-electron chi connectivity index (χ1n) is 6.04. The Balaban J connectivity index is 2.69. The highest BCUT2D eigenvalue weighted by Crippen LogP contribution is 2.25. The molecule has 16 heavy (non-hydrogen) atoms. The minimum Gasteiger partial charge on any atom is -0.466 e. The Bertz CT molecular complexity index is 292. The molecule has 0 aromatic heterocycles. The van der Waals surface area contributed by atoms with Crippen LogP contribution in [0.5, 0.6) is 0 Å². The van der Waals surface area contributed by atoms with Crippen LogP contribution in [-0.2, 0) is 14.3 Å². The van der Waals surface area contributed by atoms with Crippen LogP contribution in [0, 0.1) is 5.92 Å². The van der Waals surface area contributed by atoms with Gasteiger partial charge in [0.15, 0.2) is 5.78 Å². The van der Waals surface area contributed by atoms with Gasteiger partial charge in [0.25, 0.3) is 0 Å². The Kier molecular flexibility index (Phi) is 5.23. The fourth-order valence-corrected chi connectivity index (χ4v) is 2.06. The van der Waals surface area contributed by atoms with Crippen LogP contribution >= 0.6 is 0 Å². The highest BCUT2D eigenvalue weighted by Gasteiger charge is 2.25. The largest absolute Gasteiger partial charge is 0.466 e. The monoisotopic (exact) mass is 224 g/mol. The standard InChI is InChI=1S/C13H20O3/c1-3-10-9-11(13(15)16-4-2)7-5-6-8-12(10)14/h3,11H,4-9H2,1-2H3. The van der Waals surface area contributed by atoms with E-state index < -0.39 is 0 Å². The predicted octanol–water partition coefficient (Wildman–Crippen LogP) is 2.65. The molecule has 1 saturated carbocycles. The molecule has 0 N–H and O–H groups in total. The van der Waals surface area contributed by atoms with Gasteiger partial charge >= 0.3 is 5.97 Å². The van der Waals surface area contributed by atoms with E-state index in [9.17, 15) is 9.59 Å². The van der Waals surface area contributed by atoms with E-state index in [1.165, 1.54) is 0 Å². The Morgan fingerprint density at radius 2 is 2.25 bits per heavy atom. The molecule has 1 unspecified atom stereocenters. The second kappa shape index (κ2) is 6.46. The van der Waals surface area contributed by atoms with Gasteiger partial charge < -0.3 is 4.74 Å². The number of allylic oxidation sites excluding steroid dienone is 2. The molecule has 1 aliphatic rings. The second-order valence-electron chi connectivity index (χ2n) is 4.14. The van der Waals surface area contributed by atoms with Crippen molar-refractivity contribution in [2.75, 3.05) is 6.61 Å². The lowest BCUT2D eigenvalue weighted by Gasteiger charge is -2.19.